The van der Waals surface area contributed by atoms with Crippen LogP contribution < -0.4 is 5.32 Å². The molecule has 0 atom stereocenters. The maximum absolute atomic E-state index is 12.0. The first-order valence-corrected chi connectivity index (χ1v) is 8.25. The van der Waals surface area contributed by atoms with Crippen LogP contribution >= 0.6 is 11.8 Å². The van der Waals surface area contributed by atoms with Crippen LogP contribution in [0.5, 0.6) is 0 Å². The number of hydrogen-bond acceptors (Lipinski definition) is 3. The molecule has 2 N–H and O–H groups in total. The molecule has 1 aliphatic carbocycles. The highest BCUT2D eigenvalue weighted by Gasteiger charge is 2.16. The minimum atomic E-state index is -0.0301. The highest BCUT2D eigenvalue weighted by Crippen LogP contribution is 2.36. The Morgan fingerprint density at radius 3 is 2.86 bits per heavy atom. The van der Waals surface area contributed by atoms with Gasteiger partial charge in [-0.2, -0.15) is 5.10 Å². The Labute approximate surface area is 132 Å². The summed E-state index contributed by atoms with van der Waals surface area (Å²) in [6.45, 7) is 0. The fraction of sp³-hybridized carbons (Fsp3) is 0.176. The van der Waals surface area contributed by atoms with Crippen LogP contribution in [-0.4, -0.2) is 21.9 Å². The highest BCUT2D eigenvalue weighted by molar-refractivity contribution is 8.00. The average molecular weight is 309 g/mol. The standard InChI is InChI=1S/C17H15N3OS/c21-16(19-15-8-9-18-20-15)10-22-14-7-6-12-5-4-11-2-1-3-13(14)17(11)12/h1-3,6-9H,4-5,10H2,(H2,18,19,20,21). The molecule has 0 saturated carbocycles. The predicted molar refractivity (Wildman–Crippen MR) is 89.3 cm³/mol. The molecule has 2 aromatic carbocycles. The Hall–Kier alpha value is -2.27. The molecule has 0 radical (unpaired) electrons. The molecule has 0 fully saturated rings. The smallest absolute Gasteiger partial charge is 0.235 e. The van der Waals surface area contributed by atoms with Crippen molar-refractivity contribution < 1.29 is 4.79 Å². The van der Waals surface area contributed by atoms with Crippen molar-refractivity contribution in [3.05, 3.63) is 53.7 Å². The Kier molecular flexibility index (Phi) is 3.35. The molecule has 5 heteroatoms. The van der Waals surface area contributed by atoms with Crippen molar-refractivity contribution in [1.82, 2.24) is 10.2 Å². The molecule has 0 saturated heterocycles. The van der Waals surface area contributed by atoms with Gasteiger partial charge in [0.1, 0.15) is 5.82 Å². The van der Waals surface area contributed by atoms with Gasteiger partial charge < -0.3 is 5.32 Å². The van der Waals surface area contributed by atoms with Crippen molar-refractivity contribution in [2.75, 3.05) is 11.1 Å². The van der Waals surface area contributed by atoms with Gasteiger partial charge in [-0.3, -0.25) is 9.89 Å². The van der Waals surface area contributed by atoms with Gasteiger partial charge in [-0.1, -0.05) is 24.3 Å². The Morgan fingerprint density at radius 2 is 2.05 bits per heavy atom. The lowest BCUT2D eigenvalue weighted by Crippen LogP contribution is -2.14. The lowest BCUT2D eigenvalue weighted by molar-refractivity contribution is -0.113. The number of hydrogen-bond donors (Lipinski definition) is 2. The lowest BCUT2D eigenvalue weighted by atomic mass is 10.1. The highest BCUT2D eigenvalue weighted by atomic mass is 32.2. The van der Waals surface area contributed by atoms with Crippen molar-refractivity contribution in [1.29, 1.82) is 0 Å². The minimum absolute atomic E-state index is 0.0301. The number of carbonyl (C=O) groups excluding carboxylic acids is 1. The molecule has 3 aromatic rings. The molecule has 4 nitrogen and oxygen atoms in total. The van der Waals surface area contributed by atoms with E-state index in [2.05, 4.69) is 45.8 Å². The number of aryl methyl sites for hydroxylation is 2. The second-order valence-corrected chi connectivity index (χ2v) is 6.39. The van der Waals surface area contributed by atoms with E-state index in [4.69, 9.17) is 0 Å². The number of amides is 1. The molecular formula is C17H15N3OS. The van der Waals surface area contributed by atoms with Crippen LogP contribution in [-0.2, 0) is 17.6 Å². The summed E-state index contributed by atoms with van der Waals surface area (Å²) >= 11 is 1.58. The normalized spacial score (nSPS) is 12.7. The Morgan fingerprint density at radius 1 is 1.18 bits per heavy atom. The van der Waals surface area contributed by atoms with Crippen LogP contribution in [0.4, 0.5) is 5.82 Å². The predicted octanol–water partition coefficient (Wildman–Crippen LogP) is 3.39. The molecule has 1 aromatic heterocycles. The Balaban J connectivity index is 1.54. The van der Waals surface area contributed by atoms with Crippen LogP contribution in [0.25, 0.3) is 10.8 Å². The number of thioether (sulfide) groups is 1. The van der Waals surface area contributed by atoms with Gasteiger partial charge in [0, 0.05) is 11.0 Å². The molecule has 0 aliphatic heterocycles. The van der Waals surface area contributed by atoms with Gasteiger partial charge in [0.05, 0.1) is 11.9 Å². The number of H-pyrrole nitrogens is 1. The van der Waals surface area contributed by atoms with E-state index in [0.717, 1.165) is 12.8 Å². The van der Waals surface area contributed by atoms with Gasteiger partial charge in [-0.15, -0.1) is 11.8 Å². The number of rotatable bonds is 4. The fourth-order valence-corrected chi connectivity index (χ4v) is 3.85. The van der Waals surface area contributed by atoms with Crippen LogP contribution in [0, 0.1) is 0 Å². The lowest BCUT2D eigenvalue weighted by Gasteiger charge is -2.08. The van der Waals surface area contributed by atoms with E-state index >= 15 is 0 Å². The zero-order valence-electron chi connectivity index (χ0n) is 11.9. The number of nitrogens with one attached hydrogen (secondary N) is 2. The largest absolute Gasteiger partial charge is 0.310 e. The zero-order chi connectivity index (χ0) is 14.9. The second-order valence-electron chi connectivity index (χ2n) is 5.37. The molecule has 0 spiro atoms. The van der Waals surface area contributed by atoms with Gasteiger partial charge in [0.2, 0.25) is 5.91 Å². The number of aromatic nitrogens is 2. The second kappa shape index (κ2) is 5.50. The zero-order valence-corrected chi connectivity index (χ0v) is 12.7. The number of benzene rings is 2. The summed E-state index contributed by atoms with van der Waals surface area (Å²) in [6.07, 6.45) is 3.87. The number of nitrogens with zero attached hydrogens (tertiary/aromatic N) is 1. The average Bonchev–Trinajstić information content (AvgIpc) is 3.18. The van der Waals surface area contributed by atoms with E-state index in [-0.39, 0.29) is 5.91 Å². The third kappa shape index (κ3) is 2.37. The summed E-state index contributed by atoms with van der Waals surface area (Å²) < 4.78 is 0. The number of carbonyl (C=O) groups is 1. The van der Waals surface area contributed by atoms with E-state index < -0.39 is 0 Å². The molecule has 1 amide bonds. The first-order valence-electron chi connectivity index (χ1n) is 7.27. The van der Waals surface area contributed by atoms with E-state index in [9.17, 15) is 4.79 Å². The molecule has 1 heterocycles. The summed E-state index contributed by atoms with van der Waals surface area (Å²) in [5.74, 6) is 0.987. The number of aromatic amines is 1. The van der Waals surface area contributed by atoms with Crippen molar-refractivity contribution >= 4 is 34.3 Å². The first-order chi connectivity index (χ1) is 10.8. The maximum atomic E-state index is 12.0. The summed E-state index contributed by atoms with van der Waals surface area (Å²) in [5.41, 5.74) is 2.86. The maximum Gasteiger partial charge on any atom is 0.235 e. The van der Waals surface area contributed by atoms with Crippen LogP contribution in [0.2, 0.25) is 0 Å². The van der Waals surface area contributed by atoms with Crippen molar-refractivity contribution in [2.24, 2.45) is 0 Å². The van der Waals surface area contributed by atoms with Gasteiger partial charge in [0.15, 0.2) is 0 Å². The molecule has 110 valence electrons. The molecule has 4 rings (SSSR count). The SMILES string of the molecule is O=C(CSc1ccc2c3c(cccc13)CC2)Nc1ccn[nH]1. The van der Waals surface area contributed by atoms with Gasteiger partial charge in [0.25, 0.3) is 0 Å². The van der Waals surface area contributed by atoms with Gasteiger partial charge in [-0.25, -0.2) is 0 Å². The monoisotopic (exact) mass is 309 g/mol. The van der Waals surface area contributed by atoms with E-state index in [1.54, 1.807) is 24.0 Å². The van der Waals surface area contributed by atoms with Crippen molar-refractivity contribution in [2.45, 2.75) is 17.7 Å². The van der Waals surface area contributed by atoms with Gasteiger partial charge >= 0.3 is 0 Å². The quantitative estimate of drug-likeness (QED) is 0.726. The molecule has 22 heavy (non-hydrogen) atoms. The van der Waals surface area contributed by atoms with Crippen molar-refractivity contribution in [3.63, 3.8) is 0 Å². The van der Waals surface area contributed by atoms with Crippen LogP contribution in [0.15, 0.2) is 47.5 Å². The number of anilines is 1. The minimum Gasteiger partial charge on any atom is -0.310 e. The first kappa shape index (κ1) is 13.4. The van der Waals surface area contributed by atoms with E-state index in [1.165, 1.54) is 26.8 Å². The fourth-order valence-electron chi connectivity index (χ4n) is 3.00. The third-order valence-corrected chi connectivity index (χ3v) is 5.04. The summed E-state index contributed by atoms with van der Waals surface area (Å²) in [4.78, 5) is 13.2. The van der Waals surface area contributed by atoms with E-state index in [1.807, 2.05) is 0 Å². The van der Waals surface area contributed by atoms with Crippen LogP contribution in [0.3, 0.4) is 0 Å². The Bertz CT molecular complexity index is 832. The van der Waals surface area contributed by atoms with Gasteiger partial charge in [-0.05, 0) is 40.8 Å². The molecule has 0 unspecified atom stereocenters. The van der Waals surface area contributed by atoms with E-state index in [0.29, 0.717) is 11.6 Å². The van der Waals surface area contributed by atoms with Crippen LogP contribution in [0.1, 0.15) is 11.1 Å². The molecular weight excluding hydrogens is 294 g/mol. The molecule has 1 aliphatic rings. The third-order valence-electron chi connectivity index (χ3n) is 3.97. The van der Waals surface area contributed by atoms with Crippen molar-refractivity contribution in [3.8, 4) is 0 Å². The summed E-state index contributed by atoms with van der Waals surface area (Å²) in [5, 5.41) is 12.0. The molecule has 0 bridgehead atoms. The summed E-state index contributed by atoms with van der Waals surface area (Å²) in [7, 11) is 0. The topological polar surface area (TPSA) is 57.8 Å². The summed E-state index contributed by atoms with van der Waals surface area (Å²) in [6, 6.07) is 12.6.